The third-order valence-corrected chi connectivity index (χ3v) is 6.44. The van der Waals surface area contributed by atoms with E-state index in [9.17, 15) is 14.4 Å². The molecule has 156 valence electrons. The SMILES string of the molecule is C=CC(=O)NCC1(c2ccccc2)CCN(C(=O)C2CCC(=O)N(CC)C2)CC1. The largest absolute Gasteiger partial charge is 0.352 e. The normalized spacial score (nSPS) is 21.6. The van der Waals surface area contributed by atoms with Gasteiger partial charge in [0.2, 0.25) is 17.7 Å². The number of hydrogen-bond donors (Lipinski definition) is 1. The van der Waals surface area contributed by atoms with Crippen LogP contribution >= 0.6 is 0 Å². The van der Waals surface area contributed by atoms with Gasteiger partial charge in [0.15, 0.2) is 0 Å². The molecule has 0 bridgehead atoms. The number of nitrogens with zero attached hydrogens (tertiary/aromatic N) is 2. The van der Waals surface area contributed by atoms with E-state index in [2.05, 4.69) is 24.0 Å². The summed E-state index contributed by atoms with van der Waals surface area (Å²) in [6.07, 6.45) is 3.98. The molecule has 6 heteroatoms. The molecule has 29 heavy (non-hydrogen) atoms. The third kappa shape index (κ3) is 4.69. The monoisotopic (exact) mass is 397 g/mol. The van der Waals surface area contributed by atoms with Crippen LogP contribution in [-0.2, 0) is 19.8 Å². The number of carbonyl (C=O) groups excluding carboxylic acids is 3. The predicted octanol–water partition coefficient (Wildman–Crippen LogP) is 2.11. The van der Waals surface area contributed by atoms with E-state index < -0.39 is 0 Å². The number of piperidine rings is 2. The average molecular weight is 398 g/mol. The van der Waals surface area contributed by atoms with Crippen molar-refractivity contribution in [2.45, 2.75) is 38.0 Å². The molecule has 1 aromatic carbocycles. The maximum absolute atomic E-state index is 13.1. The topological polar surface area (TPSA) is 69.7 Å². The Morgan fingerprint density at radius 2 is 1.93 bits per heavy atom. The van der Waals surface area contributed by atoms with Crippen LogP contribution in [0.1, 0.15) is 38.2 Å². The minimum absolute atomic E-state index is 0.0997. The van der Waals surface area contributed by atoms with Crippen molar-refractivity contribution in [1.29, 1.82) is 0 Å². The molecule has 3 rings (SSSR count). The van der Waals surface area contributed by atoms with E-state index in [1.54, 1.807) is 4.90 Å². The average Bonchev–Trinajstić information content (AvgIpc) is 2.78. The summed E-state index contributed by atoms with van der Waals surface area (Å²) < 4.78 is 0. The molecular formula is C23H31N3O3. The van der Waals surface area contributed by atoms with Crippen LogP contribution in [0.4, 0.5) is 0 Å². The molecule has 2 fully saturated rings. The fourth-order valence-electron chi connectivity index (χ4n) is 4.52. The molecule has 1 N–H and O–H groups in total. The zero-order valence-corrected chi connectivity index (χ0v) is 17.2. The number of benzene rings is 1. The van der Waals surface area contributed by atoms with Crippen molar-refractivity contribution in [2.75, 3.05) is 32.7 Å². The number of amides is 3. The van der Waals surface area contributed by atoms with Crippen molar-refractivity contribution in [3.63, 3.8) is 0 Å². The Labute approximate surface area is 172 Å². The summed E-state index contributed by atoms with van der Waals surface area (Å²) in [5.41, 5.74) is 1.01. The molecule has 0 saturated carbocycles. The van der Waals surface area contributed by atoms with E-state index in [0.29, 0.717) is 45.6 Å². The van der Waals surface area contributed by atoms with Crippen LogP contribution in [0.2, 0.25) is 0 Å². The summed E-state index contributed by atoms with van der Waals surface area (Å²) >= 11 is 0. The van der Waals surface area contributed by atoms with Gasteiger partial charge in [0.1, 0.15) is 0 Å². The summed E-state index contributed by atoms with van der Waals surface area (Å²) in [6, 6.07) is 10.2. The van der Waals surface area contributed by atoms with Crippen molar-refractivity contribution in [1.82, 2.24) is 15.1 Å². The Hall–Kier alpha value is -2.63. The van der Waals surface area contributed by atoms with Crippen LogP contribution in [-0.4, -0.2) is 60.2 Å². The van der Waals surface area contributed by atoms with Gasteiger partial charge in [-0.1, -0.05) is 36.9 Å². The van der Waals surface area contributed by atoms with Crippen LogP contribution in [0.15, 0.2) is 43.0 Å². The van der Waals surface area contributed by atoms with E-state index >= 15 is 0 Å². The number of rotatable bonds is 6. The third-order valence-electron chi connectivity index (χ3n) is 6.44. The van der Waals surface area contributed by atoms with Crippen molar-refractivity contribution in [2.24, 2.45) is 5.92 Å². The van der Waals surface area contributed by atoms with E-state index in [1.165, 1.54) is 11.6 Å². The fraction of sp³-hybridized carbons (Fsp3) is 0.522. The Morgan fingerprint density at radius 1 is 1.24 bits per heavy atom. The lowest BCUT2D eigenvalue weighted by Gasteiger charge is -2.44. The minimum Gasteiger partial charge on any atom is -0.352 e. The molecule has 1 atom stereocenters. The van der Waals surface area contributed by atoms with Gasteiger partial charge in [-0.2, -0.15) is 0 Å². The highest BCUT2D eigenvalue weighted by Crippen LogP contribution is 2.36. The minimum atomic E-state index is -0.186. The van der Waals surface area contributed by atoms with Gasteiger partial charge < -0.3 is 15.1 Å². The summed E-state index contributed by atoms with van der Waals surface area (Å²) in [5.74, 6) is 0.0340. The molecule has 2 saturated heterocycles. The Kier molecular flexibility index (Phi) is 6.72. The maximum atomic E-state index is 13.1. The van der Waals surface area contributed by atoms with E-state index in [-0.39, 0.29) is 29.1 Å². The Bertz CT molecular complexity index is 754. The second-order valence-corrected chi connectivity index (χ2v) is 8.06. The zero-order valence-electron chi connectivity index (χ0n) is 17.2. The lowest BCUT2D eigenvalue weighted by molar-refractivity contribution is -0.144. The van der Waals surface area contributed by atoms with Crippen LogP contribution < -0.4 is 5.32 Å². The van der Waals surface area contributed by atoms with Gasteiger partial charge >= 0.3 is 0 Å². The molecule has 2 aliphatic rings. The summed E-state index contributed by atoms with van der Waals surface area (Å²) in [6.45, 7) is 8.53. The fourth-order valence-corrected chi connectivity index (χ4v) is 4.52. The van der Waals surface area contributed by atoms with Gasteiger partial charge in [0.05, 0.1) is 5.92 Å². The Morgan fingerprint density at radius 3 is 2.55 bits per heavy atom. The summed E-state index contributed by atoms with van der Waals surface area (Å²) in [7, 11) is 0. The molecule has 6 nitrogen and oxygen atoms in total. The van der Waals surface area contributed by atoms with Crippen molar-refractivity contribution >= 4 is 17.7 Å². The molecule has 1 aromatic rings. The highest BCUT2D eigenvalue weighted by atomic mass is 16.2. The van der Waals surface area contributed by atoms with E-state index in [0.717, 1.165) is 12.8 Å². The van der Waals surface area contributed by atoms with Gasteiger partial charge in [0, 0.05) is 44.6 Å². The first-order chi connectivity index (χ1) is 14.0. The summed E-state index contributed by atoms with van der Waals surface area (Å²) in [4.78, 5) is 40.5. The van der Waals surface area contributed by atoms with E-state index in [1.807, 2.05) is 30.0 Å². The lowest BCUT2D eigenvalue weighted by atomic mass is 9.72. The first-order valence-electron chi connectivity index (χ1n) is 10.5. The van der Waals surface area contributed by atoms with Gasteiger partial charge in [-0.3, -0.25) is 14.4 Å². The number of likely N-dealkylation sites (tertiary alicyclic amines) is 2. The molecule has 3 amide bonds. The molecule has 2 heterocycles. The molecule has 1 unspecified atom stereocenters. The highest BCUT2D eigenvalue weighted by Gasteiger charge is 2.40. The predicted molar refractivity (Wildman–Crippen MR) is 112 cm³/mol. The van der Waals surface area contributed by atoms with E-state index in [4.69, 9.17) is 0 Å². The van der Waals surface area contributed by atoms with Gasteiger partial charge in [-0.15, -0.1) is 0 Å². The quantitative estimate of drug-likeness (QED) is 0.748. The molecular weight excluding hydrogens is 366 g/mol. The van der Waals surface area contributed by atoms with Gasteiger partial charge in [0.25, 0.3) is 0 Å². The maximum Gasteiger partial charge on any atom is 0.243 e. The second kappa shape index (κ2) is 9.25. The summed E-state index contributed by atoms with van der Waals surface area (Å²) in [5, 5.41) is 2.96. The number of hydrogen-bond acceptors (Lipinski definition) is 3. The molecule has 0 spiro atoms. The first kappa shape index (κ1) is 21.1. The number of nitrogens with one attached hydrogen (secondary N) is 1. The van der Waals surface area contributed by atoms with Gasteiger partial charge in [-0.25, -0.2) is 0 Å². The first-order valence-corrected chi connectivity index (χ1v) is 10.5. The zero-order chi connectivity index (χ0) is 20.9. The molecule has 0 aliphatic carbocycles. The highest BCUT2D eigenvalue weighted by molar-refractivity contribution is 5.87. The van der Waals surface area contributed by atoms with Crippen LogP contribution in [0.5, 0.6) is 0 Å². The Balaban J connectivity index is 1.68. The van der Waals surface area contributed by atoms with Gasteiger partial charge in [-0.05, 0) is 37.8 Å². The molecule has 0 radical (unpaired) electrons. The lowest BCUT2D eigenvalue weighted by Crippen LogP contribution is -2.53. The smallest absolute Gasteiger partial charge is 0.243 e. The van der Waals surface area contributed by atoms with Crippen molar-refractivity contribution < 1.29 is 14.4 Å². The van der Waals surface area contributed by atoms with Crippen molar-refractivity contribution in [3.8, 4) is 0 Å². The van der Waals surface area contributed by atoms with Crippen LogP contribution in [0.3, 0.4) is 0 Å². The van der Waals surface area contributed by atoms with Crippen LogP contribution in [0.25, 0.3) is 0 Å². The molecule has 0 aromatic heterocycles. The van der Waals surface area contributed by atoms with Crippen LogP contribution in [0, 0.1) is 5.92 Å². The molecule has 2 aliphatic heterocycles. The van der Waals surface area contributed by atoms with Crippen molar-refractivity contribution in [3.05, 3.63) is 48.6 Å². The number of carbonyl (C=O) groups is 3. The second-order valence-electron chi connectivity index (χ2n) is 8.06. The standard InChI is InChI=1S/C23H31N3O3/c1-3-20(27)24-17-23(19-8-6-5-7-9-19)12-14-26(15-13-23)22(29)18-10-11-21(28)25(4-2)16-18/h3,5-9,18H,1,4,10-17H2,2H3,(H,24,27).